The molecule has 3 saturated heterocycles. The lowest BCUT2D eigenvalue weighted by molar-refractivity contribution is -0.272. The van der Waals surface area contributed by atoms with Crippen LogP contribution < -0.4 is 14.2 Å². The van der Waals surface area contributed by atoms with Crippen LogP contribution >= 0.6 is 0 Å². The zero-order valence-corrected chi connectivity index (χ0v) is 40.5. The summed E-state index contributed by atoms with van der Waals surface area (Å²) in [6, 6.07) is 15.9. The van der Waals surface area contributed by atoms with Crippen LogP contribution in [0.15, 0.2) is 42.5 Å². The predicted molar refractivity (Wildman–Crippen MR) is 245 cm³/mol. The molecule has 6 atom stereocenters. The van der Waals surface area contributed by atoms with E-state index in [9.17, 15) is 0 Å². The summed E-state index contributed by atoms with van der Waals surface area (Å²) in [6.07, 6.45) is 8.44. The van der Waals surface area contributed by atoms with Gasteiger partial charge in [-0.15, -0.1) is 0 Å². The highest BCUT2D eigenvalue weighted by Crippen LogP contribution is 2.44. The summed E-state index contributed by atoms with van der Waals surface area (Å²) in [5, 5.41) is 6.81. The van der Waals surface area contributed by atoms with Gasteiger partial charge in [0.1, 0.15) is 24.1 Å². The maximum Gasteiger partial charge on any atom is 0.162 e. The molecule has 9 nitrogen and oxygen atoms in total. The fraction of sp³-hybridized carbons (Fsp3) is 0.765. The number of ether oxygens (including phenoxy) is 3. The molecule has 60 heavy (non-hydrogen) atoms. The van der Waals surface area contributed by atoms with E-state index in [-0.39, 0.29) is 47.0 Å². The zero-order valence-electron chi connectivity index (χ0n) is 40.5. The second-order valence-corrected chi connectivity index (χ2v) is 21.1. The van der Waals surface area contributed by atoms with Gasteiger partial charge in [-0.2, -0.15) is 15.2 Å². The third kappa shape index (κ3) is 12.0. The third-order valence-electron chi connectivity index (χ3n) is 13.0. The van der Waals surface area contributed by atoms with Crippen molar-refractivity contribution in [1.29, 1.82) is 0 Å². The standard InChI is InChI=1S/C51H85N3O6/c1-16-25-55-52-44(35(4)5)29-41(32-49(52,10)11)58-40-22-19-38(20-23-40)39-21-24-47(59-42-30-45(36(6)7)53(56-26-17-2)50(12,13)33-42)48(28-39)60-43-31-46(37(8)9)54(57-27-18-3)51(14,15)34-43/h19-24,28,35-37,41-46H,16-18,25-27,29-34H2,1-15H3. The van der Waals surface area contributed by atoms with Crippen LogP contribution in [0.3, 0.4) is 0 Å². The highest BCUT2D eigenvalue weighted by molar-refractivity contribution is 5.68. The van der Waals surface area contributed by atoms with E-state index in [1.165, 1.54) is 0 Å². The monoisotopic (exact) mass is 836 g/mol. The molecule has 0 N–H and O–H groups in total. The minimum absolute atomic E-state index is 0.00380. The van der Waals surface area contributed by atoms with Crippen LogP contribution in [0.1, 0.15) is 162 Å². The van der Waals surface area contributed by atoms with E-state index in [0.29, 0.717) is 23.8 Å². The molecule has 0 saturated carbocycles. The van der Waals surface area contributed by atoms with E-state index in [1.807, 2.05) is 0 Å². The van der Waals surface area contributed by atoms with Gasteiger partial charge in [0, 0.05) is 73.3 Å². The number of rotatable bonds is 19. The van der Waals surface area contributed by atoms with Gasteiger partial charge in [0.2, 0.25) is 0 Å². The fourth-order valence-electron chi connectivity index (χ4n) is 10.1. The van der Waals surface area contributed by atoms with Crippen molar-refractivity contribution in [3.05, 3.63) is 42.5 Å². The van der Waals surface area contributed by atoms with E-state index < -0.39 is 0 Å². The molecule has 6 unspecified atom stereocenters. The van der Waals surface area contributed by atoms with Gasteiger partial charge in [-0.1, -0.05) is 80.5 Å². The first-order chi connectivity index (χ1) is 28.3. The number of hydrogen-bond acceptors (Lipinski definition) is 9. The van der Waals surface area contributed by atoms with Crippen LogP contribution in [-0.4, -0.2) is 88.1 Å². The molecule has 0 radical (unpaired) electrons. The van der Waals surface area contributed by atoms with Crippen LogP contribution in [0.4, 0.5) is 0 Å². The first kappa shape index (κ1) is 48.6. The Balaban J connectivity index is 1.41. The fourth-order valence-corrected chi connectivity index (χ4v) is 10.1. The summed E-state index contributed by atoms with van der Waals surface area (Å²) >= 11 is 0. The van der Waals surface area contributed by atoms with Crippen molar-refractivity contribution in [2.75, 3.05) is 19.8 Å². The summed E-state index contributed by atoms with van der Waals surface area (Å²) < 4.78 is 21.0. The summed E-state index contributed by atoms with van der Waals surface area (Å²) in [4.78, 5) is 19.2. The minimum atomic E-state index is -0.190. The van der Waals surface area contributed by atoms with Gasteiger partial charge in [-0.3, -0.25) is 14.5 Å². The molecule has 2 aromatic rings. The van der Waals surface area contributed by atoms with Crippen molar-refractivity contribution in [3.8, 4) is 28.4 Å². The lowest BCUT2D eigenvalue weighted by atomic mass is 9.82. The minimum Gasteiger partial charge on any atom is -0.490 e. The highest BCUT2D eigenvalue weighted by atomic mass is 16.7. The molecule has 3 heterocycles. The highest BCUT2D eigenvalue weighted by Gasteiger charge is 2.47. The van der Waals surface area contributed by atoms with Gasteiger partial charge in [-0.05, 0) is 114 Å². The zero-order chi connectivity index (χ0) is 44.0. The molecule has 3 aliphatic heterocycles. The third-order valence-corrected chi connectivity index (χ3v) is 13.0. The van der Waals surface area contributed by atoms with E-state index in [2.05, 4.69) is 162 Å². The van der Waals surface area contributed by atoms with Crippen molar-refractivity contribution in [1.82, 2.24) is 15.2 Å². The molecule has 340 valence electrons. The molecule has 0 aromatic heterocycles. The molecule has 0 spiro atoms. The van der Waals surface area contributed by atoms with E-state index >= 15 is 0 Å². The molecule has 3 fully saturated rings. The van der Waals surface area contributed by atoms with Crippen molar-refractivity contribution < 1.29 is 28.7 Å². The second kappa shape index (κ2) is 20.9. The van der Waals surface area contributed by atoms with Gasteiger partial charge in [0.05, 0.1) is 19.8 Å². The number of benzene rings is 2. The van der Waals surface area contributed by atoms with Crippen LogP contribution in [-0.2, 0) is 14.5 Å². The molecule has 5 rings (SSSR count). The van der Waals surface area contributed by atoms with Gasteiger partial charge in [0.15, 0.2) is 11.5 Å². The predicted octanol–water partition coefficient (Wildman–Crippen LogP) is 12.3. The largest absolute Gasteiger partial charge is 0.490 e. The molecule has 0 amide bonds. The maximum atomic E-state index is 7.18. The number of hydroxylamine groups is 6. The Bertz CT molecular complexity index is 1610. The quantitative estimate of drug-likeness (QED) is 0.138. The van der Waals surface area contributed by atoms with Crippen LogP contribution in [0.2, 0.25) is 0 Å². The summed E-state index contributed by atoms with van der Waals surface area (Å²) in [7, 11) is 0. The molecule has 0 aliphatic carbocycles. The summed E-state index contributed by atoms with van der Waals surface area (Å²) in [5.74, 6) is 3.81. The Hall–Kier alpha value is -2.40. The van der Waals surface area contributed by atoms with Crippen molar-refractivity contribution in [2.45, 2.75) is 215 Å². The summed E-state index contributed by atoms with van der Waals surface area (Å²) in [5.41, 5.74) is 1.72. The maximum absolute atomic E-state index is 7.18. The Morgan fingerprint density at radius 3 is 1.20 bits per heavy atom. The average molecular weight is 836 g/mol. The van der Waals surface area contributed by atoms with Crippen LogP contribution in [0.25, 0.3) is 11.1 Å². The van der Waals surface area contributed by atoms with Crippen molar-refractivity contribution >= 4 is 0 Å². The lowest BCUT2D eigenvalue weighted by Crippen LogP contribution is -2.59. The molecular formula is C51H85N3O6. The Morgan fingerprint density at radius 2 is 0.833 bits per heavy atom. The normalized spacial score (nSPS) is 27.4. The average Bonchev–Trinajstić information content (AvgIpc) is 3.16. The molecular weight excluding hydrogens is 751 g/mol. The second-order valence-electron chi connectivity index (χ2n) is 21.1. The van der Waals surface area contributed by atoms with E-state index in [0.717, 1.165) is 106 Å². The first-order valence-corrected chi connectivity index (χ1v) is 23.8. The Kier molecular flexibility index (Phi) is 16.9. The number of nitrogens with zero attached hydrogens (tertiary/aromatic N) is 3. The van der Waals surface area contributed by atoms with E-state index in [1.54, 1.807) is 0 Å². The van der Waals surface area contributed by atoms with Crippen LogP contribution in [0, 0.1) is 17.8 Å². The molecule has 9 heteroatoms. The first-order valence-electron chi connectivity index (χ1n) is 23.8. The lowest BCUT2D eigenvalue weighted by Gasteiger charge is -2.51. The van der Waals surface area contributed by atoms with Crippen molar-refractivity contribution in [2.24, 2.45) is 17.8 Å². The SMILES string of the molecule is CCCON1C(C(C)C)CC(Oc2ccc(-c3ccc(OC4CC(C(C)C)N(OCCC)C(C)(C)C4)c(OC4CC(C(C)C)N(OCCC)C(C)(C)C4)c3)cc2)CC1(C)C. The molecule has 3 aliphatic rings. The molecule has 0 bridgehead atoms. The van der Waals surface area contributed by atoms with Gasteiger partial charge in [0.25, 0.3) is 0 Å². The van der Waals surface area contributed by atoms with E-state index in [4.69, 9.17) is 28.7 Å². The summed E-state index contributed by atoms with van der Waals surface area (Å²) in [6.45, 7) is 36.2. The topological polar surface area (TPSA) is 65.1 Å². The number of piperidine rings is 3. The Morgan fingerprint density at radius 1 is 0.483 bits per heavy atom. The van der Waals surface area contributed by atoms with Gasteiger partial charge in [-0.25, -0.2) is 0 Å². The molecule has 2 aromatic carbocycles. The van der Waals surface area contributed by atoms with Crippen LogP contribution in [0.5, 0.6) is 17.2 Å². The number of hydrogen-bond donors (Lipinski definition) is 0. The smallest absolute Gasteiger partial charge is 0.162 e. The van der Waals surface area contributed by atoms with Gasteiger partial charge < -0.3 is 14.2 Å². The Labute approximate surface area is 366 Å². The van der Waals surface area contributed by atoms with Crippen molar-refractivity contribution in [3.63, 3.8) is 0 Å². The van der Waals surface area contributed by atoms with Gasteiger partial charge >= 0.3 is 0 Å².